The summed E-state index contributed by atoms with van der Waals surface area (Å²) in [4.78, 5) is 7.28. The zero-order valence-corrected chi connectivity index (χ0v) is 18.5. The number of rotatable bonds is 11. The third-order valence-corrected chi connectivity index (χ3v) is 4.05. The van der Waals surface area contributed by atoms with Crippen LogP contribution in [0.15, 0.2) is 35.3 Å². The Bertz CT molecular complexity index is 452. The van der Waals surface area contributed by atoms with Crippen LogP contribution in [0.2, 0.25) is 0 Å². The van der Waals surface area contributed by atoms with Crippen molar-refractivity contribution in [3.05, 3.63) is 35.9 Å². The number of halogens is 1. The molecule has 0 saturated heterocycles. The standard InChI is InChI=1S/C19H34N4O.HI/c1-5-20-19(21-13-14-24-4)22-16-18(23(6-2)7-3)15-17-11-9-8-10-12-17;/h8-12,18H,5-7,13-16H2,1-4H3,(H2,20,21,22);1H. The zero-order chi connectivity index (χ0) is 17.6. The molecule has 1 aromatic rings. The van der Waals surface area contributed by atoms with Gasteiger partial charge >= 0.3 is 0 Å². The van der Waals surface area contributed by atoms with Crippen LogP contribution < -0.4 is 10.6 Å². The summed E-state index contributed by atoms with van der Waals surface area (Å²) in [5.74, 6) is 0.861. The highest BCUT2D eigenvalue weighted by Crippen LogP contribution is 2.09. The van der Waals surface area contributed by atoms with Crippen molar-refractivity contribution in [2.24, 2.45) is 4.99 Å². The summed E-state index contributed by atoms with van der Waals surface area (Å²) < 4.78 is 5.09. The number of hydrogen-bond donors (Lipinski definition) is 2. The zero-order valence-electron chi connectivity index (χ0n) is 16.1. The van der Waals surface area contributed by atoms with Crippen molar-refractivity contribution in [2.45, 2.75) is 33.2 Å². The van der Waals surface area contributed by atoms with Crippen molar-refractivity contribution in [1.29, 1.82) is 0 Å². The molecule has 5 nitrogen and oxygen atoms in total. The summed E-state index contributed by atoms with van der Waals surface area (Å²) in [5.41, 5.74) is 1.36. The Morgan fingerprint density at radius 2 is 1.80 bits per heavy atom. The molecule has 0 radical (unpaired) electrons. The third kappa shape index (κ3) is 10.0. The molecule has 0 aromatic heterocycles. The van der Waals surface area contributed by atoms with E-state index in [4.69, 9.17) is 9.73 Å². The average Bonchev–Trinajstić information content (AvgIpc) is 2.61. The van der Waals surface area contributed by atoms with Crippen LogP contribution in [0, 0.1) is 0 Å². The molecule has 0 aliphatic rings. The summed E-state index contributed by atoms with van der Waals surface area (Å²) in [6.07, 6.45) is 1.02. The van der Waals surface area contributed by atoms with Crippen molar-refractivity contribution < 1.29 is 4.74 Å². The SMILES string of the molecule is CCNC(=NCC(Cc1ccccc1)N(CC)CC)NCCOC.I. The lowest BCUT2D eigenvalue weighted by molar-refractivity contribution is 0.203. The largest absolute Gasteiger partial charge is 0.383 e. The third-order valence-electron chi connectivity index (χ3n) is 4.05. The molecule has 0 aliphatic heterocycles. The molecule has 0 fully saturated rings. The molecule has 1 atom stereocenters. The van der Waals surface area contributed by atoms with Gasteiger partial charge in [0.1, 0.15) is 0 Å². The number of nitrogens with one attached hydrogen (secondary N) is 2. The first-order valence-electron chi connectivity index (χ1n) is 9.04. The Morgan fingerprint density at radius 3 is 2.36 bits per heavy atom. The fourth-order valence-corrected chi connectivity index (χ4v) is 2.75. The van der Waals surface area contributed by atoms with Crippen LogP contribution in [-0.4, -0.2) is 63.3 Å². The summed E-state index contributed by atoms with van der Waals surface area (Å²) >= 11 is 0. The molecule has 0 aliphatic carbocycles. The summed E-state index contributed by atoms with van der Waals surface area (Å²) in [6, 6.07) is 11.1. The predicted octanol–water partition coefficient (Wildman–Crippen LogP) is 2.76. The van der Waals surface area contributed by atoms with E-state index in [1.807, 2.05) is 0 Å². The first kappa shape index (κ1) is 24.1. The van der Waals surface area contributed by atoms with E-state index in [9.17, 15) is 0 Å². The van der Waals surface area contributed by atoms with E-state index in [1.54, 1.807) is 7.11 Å². The van der Waals surface area contributed by atoms with Crippen LogP contribution in [-0.2, 0) is 11.2 Å². The lowest BCUT2D eigenvalue weighted by Crippen LogP contribution is -2.42. The van der Waals surface area contributed by atoms with Gasteiger partial charge in [0.25, 0.3) is 0 Å². The molecule has 1 unspecified atom stereocenters. The molecule has 1 aromatic carbocycles. The highest BCUT2D eigenvalue weighted by atomic mass is 127. The number of likely N-dealkylation sites (N-methyl/N-ethyl adjacent to an activating group) is 1. The van der Waals surface area contributed by atoms with Gasteiger partial charge < -0.3 is 15.4 Å². The van der Waals surface area contributed by atoms with Gasteiger partial charge in [0.2, 0.25) is 0 Å². The monoisotopic (exact) mass is 462 g/mol. The average molecular weight is 462 g/mol. The smallest absolute Gasteiger partial charge is 0.191 e. The first-order chi connectivity index (χ1) is 11.7. The Kier molecular flexibility index (Phi) is 14.9. The minimum absolute atomic E-state index is 0. The van der Waals surface area contributed by atoms with Crippen molar-refractivity contribution in [3.63, 3.8) is 0 Å². The van der Waals surface area contributed by atoms with E-state index >= 15 is 0 Å². The van der Waals surface area contributed by atoms with Crippen LogP contribution in [0.25, 0.3) is 0 Å². The van der Waals surface area contributed by atoms with Gasteiger partial charge in [0.15, 0.2) is 5.96 Å². The molecule has 0 amide bonds. The number of aliphatic imine (C=N–C) groups is 1. The molecule has 0 bridgehead atoms. The number of hydrogen-bond acceptors (Lipinski definition) is 3. The van der Waals surface area contributed by atoms with E-state index in [0.29, 0.717) is 12.6 Å². The summed E-state index contributed by atoms with van der Waals surface area (Å²) in [7, 11) is 1.71. The van der Waals surface area contributed by atoms with Crippen LogP contribution in [0.4, 0.5) is 0 Å². The molecule has 0 spiro atoms. The second-order valence-electron chi connectivity index (χ2n) is 5.70. The first-order valence-corrected chi connectivity index (χ1v) is 9.04. The maximum absolute atomic E-state index is 5.09. The topological polar surface area (TPSA) is 48.9 Å². The van der Waals surface area contributed by atoms with Crippen LogP contribution >= 0.6 is 24.0 Å². The van der Waals surface area contributed by atoms with Gasteiger partial charge in [0.05, 0.1) is 13.2 Å². The van der Waals surface area contributed by atoms with Crippen LogP contribution in [0.1, 0.15) is 26.3 Å². The minimum atomic E-state index is 0. The Labute approximate surface area is 170 Å². The van der Waals surface area contributed by atoms with Crippen molar-refractivity contribution in [1.82, 2.24) is 15.5 Å². The highest BCUT2D eigenvalue weighted by molar-refractivity contribution is 14.0. The second kappa shape index (κ2) is 15.4. The van der Waals surface area contributed by atoms with Gasteiger partial charge in [-0.1, -0.05) is 44.2 Å². The maximum atomic E-state index is 5.09. The van der Waals surface area contributed by atoms with Gasteiger partial charge in [-0.3, -0.25) is 9.89 Å². The van der Waals surface area contributed by atoms with Gasteiger partial charge in [-0.2, -0.15) is 0 Å². The highest BCUT2D eigenvalue weighted by Gasteiger charge is 2.16. The Hall–Kier alpha value is -0.860. The summed E-state index contributed by atoms with van der Waals surface area (Å²) in [5, 5.41) is 6.61. The molecule has 2 N–H and O–H groups in total. The minimum Gasteiger partial charge on any atom is -0.383 e. The van der Waals surface area contributed by atoms with Gasteiger partial charge in [-0.05, 0) is 32.0 Å². The van der Waals surface area contributed by atoms with Gasteiger partial charge in [0, 0.05) is 26.2 Å². The number of nitrogens with zero attached hydrogens (tertiary/aromatic N) is 2. The second-order valence-corrected chi connectivity index (χ2v) is 5.70. The number of ether oxygens (including phenoxy) is 1. The lowest BCUT2D eigenvalue weighted by atomic mass is 10.0. The lowest BCUT2D eigenvalue weighted by Gasteiger charge is -2.29. The molecule has 0 heterocycles. The van der Waals surface area contributed by atoms with Crippen molar-refractivity contribution in [3.8, 4) is 0 Å². The fraction of sp³-hybridized carbons (Fsp3) is 0.632. The Balaban J connectivity index is 0.00000576. The van der Waals surface area contributed by atoms with E-state index in [2.05, 4.69) is 66.6 Å². The Morgan fingerprint density at radius 1 is 1.12 bits per heavy atom. The van der Waals surface area contributed by atoms with E-state index in [-0.39, 0.29) is 24.0 Å². The number of guanidine groups is 1. The normalized spacial score (nSPS) is 12.6. The molecule has 0 saturated carbocycles. The predicted molar refractivity (Wildman–Crippen MR) is 118 cm³/mol. The summed E-state index contributed by atoms with van der Waals surface area (Å²) in [6.45, 7) is 11.7. The number of benzene rings is 1. The quantitative estimate of drug-likeness (QED) is 0.230. The van der Waals surface area contributed by atoms with Crippen LogP contribution in [0.3, 0.4) is 0 Å². The van der Waals surface area contributed by atoms with E-state index in [0.717, 1.165) is 45.1 Å². The van der Waals surface area contributed by atoms with E-state index in [1.165, 1.54) is 5.56 Å². The molecule has 1 rings (SSSR count). The molecule has 6 heteroatoms. The molecule has 144 valence electrons. The molecule has 25 heavy (non-hydrogen) atoms. The van der Waals surface area contributed by atoms with Gasteiger partial charge in [-0.15, -0.1) is 24.0 Å². The number of methoxy groups -OCH3 is 1. The van der Waals surface area contributed by atoms with Crippen molar-refractivity contribution in [2.75, 3.05) is 46.4 Å². The fourth-order valence-electron chi connectivity index (χ4n) is 2.75. The van der Waals surface area contributed by atoms with Crippen molar-refractivity contribution >= 4 is 29.9 Å². The molecular formula is C19H35IN4O. The maximum Gasteiger partial charge on any atom is 0.191 e. The molecular weight excluding hydrogens is 427 g/mol. The van der Waals surface area contributed by atoms with Gasteiger partial charge in [-0.25, -0.2) is 0 Å². The van der Waals surface area contributed by atoms with E-state index < -0.39 is 0 Å². The van der Waals surface area contributed by atoms with Crippen LogP contribution in [0.5, 0.6) is 0 Å².